The van der Waals surface area contributed by atoms with Crippen LogP contribution in [0.25, 0.3) is 0 Å². The topological polar surface area (TPSA) is 72.8 Å². The van der Waals surface area contributed by atoms with E-state index >= 15 is 0 Å². The van der Waals surface area contributed by atoms with E-state index in [1.165, 1.54) is 6.92 Å². The molecule has 0 aromatic carbocycles. The van der Waals surface area contributed by atoms with E-state index in [1.807, 2.05) is 0 Å². The zero-order valence-corrected chi connectivity index (χ0v) is 5.66. The molecule has 0 aliphatic heterocycles. The van der Waals surface area contributed by atoms with E-state index in [0.717, 1.165) is 6.92 Å². The average molecular weight is 148 g/mol. The monoisotopic (exact) mass is 148 g/mol. The van der Waals surface area contributed by atoms with Crippen LogP contribution in [-0.4, -0.2) is 23.3 Å². The Hall–Kier alpha value is -1.10. The van der Waals surface area contributed by atoms with Gasteiger partial charge in [-0.3, -0.25) is 9.68 Å². The summed E-state index contributed by atoms with van der Waals surface area (Å²) in [5.74, 6) is -1.59. The molecule has 0 aliphatic carbocycles. The van der Waals surface area contributed by atoms with Crippen molar-refractivity contribution in [2.24, 2.45) is 0 Å². The predicted octanol–water partition coefficient (Wildman–Crippen LogP) is -0.0458. The highest BCUT2D eigenvalue weighted by Crippen LogP contribution is 1.92. The van der Waals surface area contributed by atoms with Crippen LogP contribution in [0.5, 0.6) is 0 Å². The molecule has 10 heavy (non-hydrogen) atoms. The summed E-state index contributed by atoms with van der Waals surface area (Å²) in [7, 11) is 0. The van der Waals surface area contributed by atoms with E-state index in [4.69, 9.17) is 5.26 Å². The van der Waals surface area contributed by atoms with Crippen LogP contribution in [0.3, 0.4) is 0 Å². The van der Waals surface area contributed by atoms with Crippen molar-refractivity contribution < 1.29 is 24.5 Å². The summed E-state index contributed by atoms with van der Waals surface area (Å²) in [5, 5.41) is 7.78. The van der Waals surface area contributed by atoms with Gasteiger partial charge in [0.2, 0.25) is 0 Å². The molecule has 0 fully saturated rings. The summed E-state index contributed by atoms with van der Waals surface area (Å²) in [6.07, 6.45) is -1.05. The second kappa shape index (κ2) is 3.84. The molecule has 0 saturated heterocycles. The van der Waals surface area contributed by atoms with E-state index in [9.17, 15) is 9.59 Å². The van der Waals surface area contributed by atoms with E-state index < -0.39 is 18.0 Å². The molecule has 0 bridgehead atoms. The van der Waals surface area contributed by atoms with Gasteiger partial charge in [0.1, 0.15) is 0 Å². The first kappa shape index (κ1) is 8.90. The fourth-order valence-corrected chi connectivity index (χ4v) is 0.371. The van der Waals surface area contributed by atoms with Crippen molar-refractivity contribution in [3.8, 4) is 0 Å². The number of rotatable bonds is 2. The van der Waals surface area contributed by atoms with Crippen LogP contribution in [0.4, 0.5) is 0 Å². The first-order valence-electron chi connectivity index (χ1n) is 2.60. The molecule has 5 heteroatoms. The van der Waals surface area contributed by atoms with Crippen LogP contribution in [0, 0.1) is 0 Å². The van der Waals surface area contributed by atoms with Gasteiger partial charge in [-0.1, -0.05) is 0 Å². The van der Waals surface area contributed by atoms with Crippen LogP contribution >= 0.6 is 0 Å². The normalized spacial score (nSPS) is 11.9. The maximum Gasteiger partial charge on any atom is 0.381 e. The van der Waals surface area contributed by atoms with Crippen LogP contribution in [0.1, 0.15) is 13.8 Å². The molecule has 0 aromatic heterocycles. The zero-order valence-electron chi connectivity index (χ0n) is 5.66. The predicted molar refractivity (Wildman–Crippen MR) is 29.9 cm³/mol. The second-order valence-corrected chi connectivity index (χ2v) is 1.66. The van der Waals surface area contributed by atoms with Crippen molar-refractivity contribution in [1.29, 1.82) is 0 Å². The number of hydrogen-bond acceptors (Lipinski definition) is 5. The molecular formula is C5H8O5. The Labute approximate surface area is 57.5 Å². The minimum Gasteiger partial charge on any atom is -0.451 e. The molecule has 0 heterocycles. The number of esters is 1. The Morgan fingerprint density at radius 2 is 2.00 bits per heavy atom. The van der Waals surface area contributed by atoms with Gasteiger partial charge in [-0.25, -0.2) is 4.79 Å². The van der Waals surface area contributed by atoms with Gasteiger partial charge in [0.25, 0.3) is 0 Å². The lowest BCUT2D eigenvalue weighted by atomic mass is 10.4. The molecule has 1 N–H and O–H groups in total. The van der Waals surface area contributed by atoms with Crippen molar-refractivity contribution in [1.82, 2.24) is 0 Å². The lowest BCUT2D eigenvalue weighted by Gasteiger charge is -2.05. The van der Waals surface area contributed by atoms with Gasteiger partial charge >= 0.3 is 11.9 Å². The zero-order chi connectivity index (χ0) is 8.15. The van der Waals surface area contributed by atoms with Crippen molar-refractivity contribution in [2.75, 3.05) is 0 Å². The standard InChI is InChI=1S/C5H8O5/c1-3(5(7)10-8)9-4(2)6/h3,8H,1-2H3/t3-/m0/s1. The highest BCUT2D eigenvalue weighted by molar-refractivity contribution is 5.77. The molecule has 0 rings (SSSR count). The van der Waals surface area contributed by atoms with E-state index in [1.54, 1.807) is 0 Å². The first-order chi connectivity index (χ1) is 4.57. The Kier molecular flexibility index (Phi) is 3.42. The molecule has 0 amide bonds. The molecule has 0 radical (unpaired) electrons. The van der Waals surface area contributed by atoms with Gasteiger partial charge < -0.3 is 4.74 Å². The third kappa shape index (κ3) is 3.03. The number of carbonyl (C=O) groups is 2. The van der Waals surface area contributed by atoms with Crippen LogP contribution in [0.2, 0.25) is 0 Å². The molecule has 0 unspecified atom stereocenters. The summed E-state index contributed by atoms with van der Waals surface area (Å²) in [5.41, 5.74) is 0. The van der Waals surface area contributed by atoms with Crippen molar-refractivity contribution >= 4 is 11.9 Å². The van der Waals surface area contributed by atoms with Gasteiger partial charge in [0.15, 0.2) is 6.10 Å². The van der Waals surface area contributed by atoms with Crippen LogP contribution in [-0.2, 0) is 19.2 Å². The van der Waals surface area contributed by atoms with E-state index in [-0.39, 0.29) is 0 Å². The molecule has 0 aliphatic rings. The average Bonchev–Trinajstić information content (AvgIpc) is 1.85. The Bertz CT molecular complexity index is 141. The highest BCUT2D eigenvalue weighted by Gasteiger charge is 2.16. The van der Waals surface area contributed by atoms with Crippen molar-refractivity contribution in [3.63, 3.8) is 0 Å². The van der Waals surface area contributed by atoms with E-state index in [0.29, 0.717) is 0 Å². The maximum absolute atomic E-state index is 10.3. The van der Waals surface area contributed by atoms with Gasteiger partial charge in [0, 0.05) is 6.92 Å². The number of hydrogen-bond donors (Lipinski definition) is 1. The van der Waals surface area contributed by atoms with Crippen LogP contribution < -0.4 is 0 Å². The summed E-state index contributed by atoms with van der Waals surface area (Å²) in [4.78, 5) is 23.8. The van der Waals surface area contributed by atoms with Crippen molar-refractivity contribution in [3.05, 3.63) is 0 Å². The first-order valence-corrected chi connectivity index (χ1v) is 2.60. The highest BCUT2D eigenvalue weighted by atomic mass is 17.1. The number of ether oxygens (including phenoxy) is 1. The Balaban J connectivity index is 3.72. The fraction of sp³-hybridized carbons (Fsp3) is 0.600. The molecule has 0 spiro atoms. The Morgan fingerprint density at radius 3 is 2.30 bits per heavy atom. The summed E-state index contributed by atoms with van der Waals surface area (Å²) >= 11 is 0. The molecule has 1 atom stereocenters. The van der Waals surface area contributed by atoms with Gasteiger partial charge in [-0.15, -0.1) is 0 Å². The van der Waals surface area contributed by atoms with Crippen LogP contribution in [0.15, 0.2) is 0 Å². The minimum absolute atomic E-state index is 0.599. The summed E-state index contributed by atoms with van der Waals surface area (Å²) < 4.78 is 4.33. The fourth-order valence-electron chi connectivity index (χ4n) is 0.371. The third-order valence-corrected chi connectivity index (χ3v) is 0.765. The van der Waals surface area contributed by atoms with E-state index in [2.05, 4.69) is 9.62 Å². The third-order valence-electron chi connectivity index (χ3n) is 0.765. The quantitative estimate of drug-likeness (QED) is 0.337. The smallest absolute Gasteiger partial charge is 0.381 e. The molecular weight excluding hydrogens is 140 g/mol. The van der Waals surface area contributed by atoms with Gasteiger partial charge in [-0.2, -0.15) is 5.26 Å². The lowest BCUT2D eigenvalue weighted by Crippen LogP contribution is -2.24. The number of carbonyl (C=O) groups excluding carboxylic acids is 2. The molecule has 5 nitrogen and oxygen atoms in total. The Morgan fingerprint density at radius 1 is 1.50 bits per heavy atom. The summed E-state index contributed by atoms with van der Waals surface area (Å²) in [6.45, 7) is 2.45. The largest absolute Gasteiger partial charge is 0.451 e. The SMILES string of the molecule is CC(=O)O[C@@H](C)C(=O)OO. The molecule has 0 aromatic rings. The molecule has 58 valence electrons. The molecule has 0 saturated carbocycles. The summed E-state index contributed by atoms with van der Waals surface area (Å²) in [6, 6.07) is 0. The van der Waals surface area contributed by atoms with Crippen molar-refractivity contribution in [2.45, 2.75) is 20.0 Å². The minimum atomic E-state index is -1.05. The second-order valence-electron chi connectivity index (χ2n) is 1.66. The van der Waals surface area contributed by atoms with Gasteiger partial charge in [0.05, 0.1) is 0 Å². The lowest BCUT2D eigenvalue weighted by molar-refractivity contribution is -0.243. The maximum atomic E-state index is 10.3. The van der Waals surface area contributed by atoms with Gasteiger partial charge in [-0.05, 0) is 6.92 Å².